The molecule has 0 amide bonds. The zero-order chi connectivity index (χ0) is 11.7. The molecule has 82 valence electrons. The molecule has 2 aromatic rings. The maximum Gasteiger partial charge on any atom is 0.328 e. The fraction of sp³-hybridized carbons (Fsp3) is 0.100. The third-order valence-electron chi connectivity index (χ3n) is 2.16. The number of carboxylic acid groups (broad SMARTS) is 1. The van der Waals surface area contributed by atoms with Crippen LogP contribution in [0.15, 0.2) is 18.2 Å². The van der Waals surface area contributed by atoms with Gasteiger partial charge in [0.2, 0.25) is 0 Å². The van der Waals surface area contributed by atoms with Gasteiger partial charge in [-0.05, 0) is 17.7 Å². The smallest absolute Gasteiger partial charge is 0.328 e. The minimum absolute atomic E-state index is 0.406. The van der Waals surface area contributed by atoms with Crippen LogP contribution in [0, 0.1) is 0 Å². The Morgan fingerprint density at radius 2 is 2.31 bits per heavy atom. The maximum absolute atomic E-state index is 10.4. The summed E-state index contributed by atoms with van der Waals surface area (Å²) in [6, 6.07) is 3.52. The lowest BCUT2D eigenvalue weighted by Gasteiger charge is -1.98. The van der Waals surface area contributed by atoms with E-state index in [9.17, 15) is 4.79 Å². The molecule has 1 aromatic heterocycles. The van der Waals surface area contributed by atoms with Gasteiger partial charge in [-0.3, -0.25) is 0 Å². The molecular weight excluding hydrogens is 230 g/mol. The van der Waals surface area contributed by atoms with Gasteiger partial charge in [-0.15, -0.1) is 5.10 Å². The van der Waals surface area contributed by atoms with Gasteiger partial charge in [0.15, 0.2) is 0 Å². The summed E-state index contributed by atoms with van der Waals surface area (Å²) < 4.78 is 1.60. The van der Waals surface area contributed by atoms with Gasteiger partial charge in [0, 0.05) is 13.1 Å². The summed E-state index contributed by atoms with van der Waals surface area (Å²) in [5, 5.41) is 16.7. The van der Waals surface area contributed by atoms with E-state index in [2.05, 4.69) is 10.3 Å². The summed E-state index contributed by atoms with van der Waals surface area (Å²) >= 11 is 6.08. The van der Waals surface area contributed by atoms with E-state index >= 15 is 0 Å². The molecule has 0 aliphatic rings. The molecular formula is C10H8ClN3O2. The number of aryl methyl sites for hydroxylation is 1. The topological polar surface area (TPSA) is 68.0 Å². The third-order valence-corrected chi connectivity index (χ3v) is 2.55. The van der Waals surface area contributed by atoms with E-state index in [1.54, 1.807) is 23.9 Å². The summed E-state index contributed by atoms with van der Waals surface area (Å²) in [5.74, 6) is -1.02. The first-order valence-electron chi connectivity index (χ1n) is 4.48. The quantitative estimate of drug-likeness (QED) is 0.808. The number of halogens is 1. The van der Waals surface area contributed by atoms with E-state index in [1.807, 2.05) is 0 Å². The second-order valence-corrected chi connectivity index (χ2v) is 3.60. The molecule has 1 N–H and O–H groups in total. The molecule has 0 radical (unpaired) electrons. The molecule has 0 unspecified atom stereocenters. The summed E-state index contributed by atoms with van der Waals surface area (Å²) in [5.41, 5.74) is 1.98. The Morgan fingerprint density at radius 3 is 3.00 bits per heavy atom. The molecule has 6 heteroatoms. The van der Waals surface area contributed by atoms with Crippen molar-refractivity contribution in [3.05, 3.63) is 28.8 Å². The van der Waals surface area contributed by atoms with Crippen LogP contribution in [0.5, 0.6) is 0 Å². The average molecular weight is 238 g/mol. The molecule has 5 nitrogen and oxygen atoms in total. The number of nitrogens with zero attached hydrogens (tertiary/aromatic N) is 3. The molecule has 0 aliphatic carbocycles. The molecule has 1 heterocycles. The predicted octanol–water partition coefficient (Wildman–Crippen LogP) is 1.72. The highest BCUT2D eigenvalue weighted by atomic mass is 35.5. The van der Waals surface area contributed by atoms with Crippen LogP contribution < -0.4 is 0 Å². The first kappa shape index (κ1) is 10.6. The van der Waals surface area contributed by atoms with Crippen molar-refractivity contribution in [2.45, 2.75) is 0 Å². The summed E-state index contributed by atoms with van der Waals surface area (Å²) in [7, 11) is 1.76. The zero-order valence-corrected chi connectivity index (χ0v) is 9.14. The van der Waals surface area contributed by atoms with Crippen molar-refractivity contribution >= 4 is 34.7 Å². The number of aliphatic carboxylic acids is 1. The number of rotatable bonds is 2. The highest BCUT2D eigenvalue weighted by Crippen LogP contribution is 2.25. The van der Waals surface area contributed by atoms with Gasteiger partial charge in [0.25, 0.3) is 0 Å². The molecule has 1 aromatic carbocycles. The van der Waals surface area contributed by atoms with Crippen LogP contribution in [0.3, 0.4) is 0 Å². The van der Waals surface area contributed by atoms with Crippen LogP contribution in [0.2, 0.25) is 5.02 Å². The average Bonchev–Trinajstić information content (AvgIpc) is 2.60. The van der Waals surface area contributed by atoms with Gasteiger partial charge in [0.05, 0.1) is 10.5 Å². The summed E-state index contributed by atoms with van der Waals surface area (Å²) in [6.07, 6.45) is 2.46. The molecule has 0 fully saturated rings. The Hall–Kier alpha value is -1.88. The van der Waals surface area contributed by atoms with E-state index in [-0.39, 0.29) is 0 Å². The number of carboxylic acids is 1. The molecule has 16 heavy (non-hydrogen) atoms. The van der Waals surface area contributed by atoms with Gasteiger partial charge in [0.1, 0.15) is 5.52 Å². The Kier molecular flexibility index (Phi) is 2.62. The fourth-order valence-corrected chi connectivity index (χ4v) is 1.64. The number of hydrogen-bond acceptors (Lipinski definition) is 3. The normalized spacial score (nSPS) is 11.4. The number of fused-ring (bicyclic) bond motifs is 1. The molecule has 0 saturated carbocycles. The van der Waals surface area contributed by atoms with Gasteiger partial charge in [-0.25, -0.2) is 9.48 Å². The minimum Gasteiger partial charge on any atom is -0.478 e. The first-order valence-corrected chi connectivity index (χ1v) is 4.86. The van der Waals surface area contributed by atoms with Crippen LogP contribution in [-0.4, -0.2) is 26.1 Å². The molecule has 0 aliphatic heterocycles. The van der Waals surface area contributed by atoms with E-state index < -0.39 is 5.97 Å². The van der Waals surface area contributed by atoms with Gasteiger partial charge in [-0.1, -0.05) is 22.9 Å². The van der Waals surface area contributed by atoms with Crippen LogP contribution in [0.25, 0.3) is 17.1 Å². The molecule has 2 rings (SSSR count). The zero-order valence-electron chi connectivity index (χ0n) is 8.38. The fourth-order valence-electron chi connectivity index (χ4n) is 1.38. The van der Waals surface area contributed by atoms with Crippen molar-refractivity contribution < 1.29 is 9.90 Å². The Labute approximate surface area is 95.9 Å². The monoisotopic (exact) mass is 237 g/mol. The van der Waals surface area contributed by atoms with Crippen molar-refractivity contribution in [1.29, 1.82) is 0 Å². The standard InChI is InChI=1S/C10H8ClN3O2/c1-14-7-4-2-6(3-5-8(15)16)9(11)10(7)12-13-14/h2-5H,1H3,(H,15,16). The molecule has 0 spiro atoms. The maximum atomic E-state index is 10.4. The molecule has 0 atom stereocenters. The predicted molar refractivity (Wildman–Crippen MR) is 60.2 cm³/mol. The Bertz CT molecular complexity index is 589. The van der Waals surface area contributed by atoms with Crippen LogP contribution in [0.4, 0.5) is 0 Å². The SMILES string of the molecule is Cn1nnc2c(Cl)c(C=CC(=O)O)ccc21. The van der Waals surface area contributed by atoms with Crippen molar-refractivity contribution in [2.24, 2.45) is 7.05 Å². The van der Waals surface area contributed by atoms with Crippen molar-refractivity contribution in [1.82, 2.24) is 15.0 Å². The number of benzene rings is 1. The minimum atomic E-state index is -1.02. The van der Waals surface area contributed by atoms with E-state index in [0.29, 0.717) is 16.1 Å². The van der Waals surface area contributed by atoms with Crippen molar-refractivity contribution in [3.63, 3.8) is 0 Å². The summed E-state index contributed by atoms with van der Waals surface area (Å²) in [6.45, 7) is 0. The number of hydrogen-bond donors (Lipinski definition) is 1. The molecule has 0 bridgehead atoms. The van der Waals surface area contributed by atoms with Crippen molar-refractivity contribution in [3.8, 4) is 0 Å². The first-order chi connectivity index (χ1) is 7.59. The lowest BCUT2D eigenvalue weighted by molar-refractivity contribution is -0.131. The Morgan fingerprint density at radius 1 is 1.56 bits per heavy atom. The van der Waals surface area contributed by atoms with Gasteiger partial charge in [-0.2, -0.15) is 0 Å². The second-order valence-electron chi connectivity index (χ2n) is 3.22. The lowest BCUT2D eigenvalue weighted by Crippen LogP contribution is -1.89. The Balaban J connectivity index is 2.57. The largest absolute Gasteiger partial charge is 0.478 e. The highest BCUT2D eigenvalue weighted by Gasteiger charge is 2.08. The van der Waals surface area contributed by atoms with E-state index in [1.165, 1.54) is 6.08 Å². The van der Waals surface area contributed by atoms with Crippen LogP contribution in [-0.2, 0) is 11.8 Å². The van der Waals surface area contributed by atoms with E-state index in [0.717, 1.165) is 11.6 Å². The third kappa shape index (κ3) is 1.77. The van der Waals surface area contributed by atoms with Gasteiger partial charge >= 0.3 is 5.97 Å². The van der Waals surface area contributed by atoms with Crippen molar-refractivity contribution in [2.75, 3.05) is 0 Å². The lowest BCUT2D eigenvalue weighted by atomic mass is 10.2. The summed E-state index contributed by atoms with van der Waals surface area (Å²) in [4.78, 5) is 10.4. The highest BCUT2D eigenvalue weighted by molar-refractivity contribution is 6.36. The van der Waals surface area contributed by atoms with Crippen LogP contribution in [0.1, 0.15) is 5.56 Å². The number of aromatic nitrogens is 3. The van der Waals surface area contributed by atoms with E-state index in [4.69, 9.17) is 16.7 Å². The number of carbonyl (C=O) groups is 1. The second kappa shape index (κ2) is 3.94. The van der Waals surface area contributed by atoms with Gasteiger partial charge < -0.3 is 5.11 Å². The van der Waals surface area contributed by atoms with Crippen LogP contribution >= 0.6 is 11.6 Å². The molecule has 0 saturated heterocycles.